The van der Waals surface area contributed by atoms with Gasteiger partial charge in [-0.05, 0) is 43.5 Å². The number of benzene rings is 2. The van der Waals surface area contributed by atoms with Crippen molar-refractivity contribution in [3.8, 4) is 0 Å². The summed E-state index contributed by atoms with van der Waals surface area (Å²) in [7, 11) is -3.88. The van der Waals surface area contributed by atoms with Crippen LogP contribution in [0.3, 0.4) is 0 Å². The highest BCUT2D eigenvalue weighted by molar-refractivity contribution is 7.92. The minimum Gasteiger partial charge on any atom is -0.324 e. The summed E-state index contributed by atoms with van der Waals surface area (Å²) < 4.78 is 25.9. The van der Waals surface area contributed by atoms with E-state index in [9.17, 15) is 23.3 Å². The first-order valence-corrected chi connectivity index (χ1v) is 10.5. The Morgan fingerprint density at radius 3 is 2.43 bits per heavy atom. The third kappa shape index (κ3) is 4.66. The van der Waals surface area contributed by atoms with Crippen molar-refractivity contribution in [1.82, 2.24) is 0 Å². The second-order valence-electron chi connectivity index (χ2n) is 6.50. The number of non-ortho nitro benzene ring substituents is 1. The highest BCUT2D eigenvalue weighted by atomic mass is 32.2. The third-order valence-electron chi connectivity index (χ3n) is 4.49. The van der Waals surface area contributed by atoms with Crippen molar-refractivity contribution in [2.75, 3.05) is 15.9 Å². The van der Waals surface area contributed by atoms with Crippen molar-refractivity contribution in [1.29, 1.82) is 0 Å². The van der Waals surface area contributed by atoms with Crippen molar-refractivity contribution in [2.45, 2.75) is 33.2 Å². The molecule has 0 saturated heterocycles. The molecular weight excluding hydrogens is 382 g/mol. The first-order chi connectivity index (χ1) is 13.1. The lowest BCUT2D eigenvalue weighted by Crippen LogP contribution is -2.47. The summed E-state index contributed by atoms with van der Waals surface area (Å²) >= 11 is 0. The van der Waals surface area contributed by atoms with Gasteiger partial charge in [0, 0.05) is 17.8 Å². The van der Waals surface area contributed by atoms with Gasteiger partial charge in [-0.2, -0.15) is 0 Å². The van der Waals surface area contributed by atoms with E-state index >= 15 is 0 Å². The molecule has 0 heterocycles. The zero-order chi connectivity index (χ0) is 21.1. The normalized spacial score (nSPS) is 12.3. The predicted octanol–water partition coefficient (Wildman–Crippen LogP) is 3.39. The number of hydrogen-bond acceptors (Lipinski definition) is 5. The Hall–Kier alpha value is -2.94. The molecule has 1 atom stereocenters. The number of rotatable bonds is 7. The van der Waals surface area contributed by atoms with Crippen LogP contribution < -0.4 is 9.62 Å². The van der Waals surface area contributed by atoms with Crippen LogP contribution in [0.4, 0.5) is 17.1 Å². The molecular formula is C19H23N3O5S. The van der Waals surface area contributed by atoms with Crippen molar-refractivity contribution in [3.63, 3.8) is 0 Å². The lowest BCUT2D eigenvalue weighted by Gasteiger charge is -2.30. The average molecular weight is 405 g/mol. The fourth-order valence-electron chi connectivity index (χ4n) is 2.91. The lowest BCUT2D eigenvalue weighted by molar-refractivity contribution is -0.384. The van der Waals surface area contributed by atoms with Gasteiger partial charge in [0.15, 0.2) is 0 Å². The minimum absolute atomic E-state index is 0.0691. The summed E-state index contributed by atoms with van der Waals surface area (Å²) in [5, 5.41) is 13.9. The fourth-order valence-corrected chi connectivity index (χ4v) is 4.11. The van der Waals surface area contributed by atoms with Crippen molar-refractivity contribution in [2.24, 2.45) is 0 Å². The fraction of sp³-hybridized carbons (Fsp3) is 0.316. The van der Waals surface area contributed by atoms with Gasteiger partial charge in [-0.3, -0.25) is 19.2 Å². The predicted molar refractivity (Wildman–Crippen MR) is 109 cm³/mol. The molecule has 9 heteroatoms. The molecule has 28 heavy (non-hydrogen) atoms. The molecule has 2 aromatic rings. The zero-order valence-corrected chi connectivity index (χ0v) is 17.0. The van der Waals surface area contributed by atoms with Crippen LogP contribution in [0.1, 0.15) is 24.5 Å². The average Bonchev–Trinajstić information content (AvgIpc) is 2.62. The summed E-state index contributed by atoms with van der Waals surface area (Å²) in [6, 6.07) is 9.63. The van der Waals surface area contributed by atoms with Gasteiger partial charge < -0.3 is 5.32 Å². The number of nitro benzene ring substituents is 1. The smallest absolute Gasteiger partial charge is 0.271 e. The Morgan fingerprint density at radius 1 is 1.21 bits per heavy atom. The third-order valence-corrected chi connectivity index (χ3v) is 5.67. The number of nitro groups is 1. The Bertz CT molecular complexity index is 1000. The number of sulfonamides is 1. The molecule has 2 aromatic carbocycles. The lowest BCUT2D eigenvalue weighted by atomic mass is 10.1. The molecule has 0 saturated carbocycles. The van der Waals surface area contributed by atoms with E-state index in [2.05, 4.69) is 5.32 Å². The summed E-state index contributed by atoms with van der Waals surface area (Å²) in [5.41, 5.74) is 2.28. The van der Waals surface area contributed by atoms with Crippen LogP contribution in [0.15, 0.2) is 42.5 Å². The van der Waals surface area contributed by atoms with Crippen LogP contribution >= 0.6 is 0 Å². The summed E-state index contributed by atoms with van der Waals surface area (Å²) in [6.07, 6.45) is 1.16. The number of hydrogen-bond donors (Lipinski definition) is 1. The first-order valence-electron chi connectivity index (χ1n) is 8.67. The number of carbonyl (C=O) groups excluding carboxylic acids is 1. The maximum absolute atomic E-state index is 12.9. The quantitative estimate of drug-likeness (QED) is 0.561. The van der Waals surface area contributed by atoms with Gasteiger partial charge in [0.2, 0.25) is 15.9 Å². The molecule has 0 radical (unpaired) electrons. The highest BCUT2D eigenvalue weighted by Crippen LogP contribution is 2.27. The maximum atomic E-state index is 12.9. The van der Waals surface area contributed by atoms with Crippen LogP contribution in [0, 0.1) is 24.0 Å². The van der Waals surface area contributed by atoms with E-state index in [4.69, 9.17) is 0 Å². The molecule has 1 amide bonds. The monoisotopic (exact) mass is 405 g/mol. The molecule has 0 fully saturated rings. The van der Waals surface area contributed by atoms with Crippen LogP contribution in [-0.2, 0) is 14.8 Å². The van der Waals surface area contributed by atoms with E-state index < -0.39 is 26.9 Å². The number of carbonyl (C=O) groups is 1. The molecule has 0 aliphatic carbocycles. The second kappa shape index (κ2) is 8.39. The summed E-state index contributed by atoms with van der Waals surface area (Å²) in [5.74, 6) is -0.506. The molecule has 1 N–H and O–H groups in total. The maximum Gasteiger partial charge on any atom is 0.271 e. The van der Waals surface area contributed by atoms with Gasteiger partial charge in [0.05, 0.1) is 16.9 Å². The molecule has 0 bridgehead atoms. The van der Waals surface area contributed by atoms with Crippen LogP contribution in [-0.4, -0.2) is 31.5 Å². The van der Waals surface area contributed by atoms with Gasteiger partial charge in [-0.15, -0.1) is 0 Å². The molecule has 0 aliphatic heterocycles. The van der Waals surface area contributed by atoms with E-state index in [1.54, 1.807) is 19.1 Å². The largest absolute Gasteiger partial charge is 0.324 e. The van der Waals surface area contributed by atoms with Gasteiger partial charge in [-0.25, -0.2) is 8.42 Å². The Morgan fingerprint density at radius 2 is 1.86 bits per heavy atom. The number of aryl methyl sites for hydroxylation is 1. The Kier molecular flexibility index (Phi) is 6.40. The van der Waals surface area contributed by atoms with Crippen molar-refractivity contribution in [3.05, 3.63) is 63.7 Å². The van der Waals surface area contributed by atoms with Crippen LogP contribution in [0.2, 0.25) is 0 Å². The minimum atomic E-state index is -3.88. The van der Waals surface area contributed by atoms with Crippen LogP contribution in [0.5, 0.6) is 0 Å². The molecule has 0 spiro atoms. The molecule has 0 aromatic heterocycles. The Balaban J connectivity index is 2.46. The highest BCUT2D eigenvalue weighted by Gasteiger charge is 2.32. The number of anilines is 2. The number of amides is 1. The van der Waals surface area contributed by atoms with E-state index in [-0.39, 0.29) is 17.8 Å². The summed E-state index contributed by atoms with van der Waals surface area (Å²) in [4.78, 5) is 23.4. The van der Waals surface area contributed by atoms with Gasteiger partial charge in [-0.1, -0.05) is 25.1 Å². The van der Waals surface area contributed by atoms with E-state index in [1.807, 2.05) is 19.9 Å². The van der Waals surface area contributed by atoms with Crippen molar-refractivity contribution < 1.29 is 18.1 Å². The molecule has 2 rings (SSSR count). The first kappa shape index (κ1) is 21.4. The summed E-state index contributed by atoms with van der Waals surface area (Å²) in [6.45, 7) is 5.46. The van der Waals surface area contributed by atoms with Crippen LogP contribution in [0.25, 0.3) is 0 Å². The standard InChI is InChI=1S/C19H23N3O5S/c1-5-18(19(23)20-17-11-6-8-13(2)14(17)3)21(28(4,26)27)15-9-7-10-16(12-15)22(24)25/h6-12,18H,5H2,1-4H3,(H,20,23). The van der Waals surface area contributed by atoms with E-state index in [0.29, 0.717) is 5.69 Å². The van der Waals surface area contributed by atoms with Gasteiger partial charge in [0.1, 0.15) is 6.04 Å². The van der Waals surface area contributed by atoms with Gasteiger partial charge in [0.25, 0.3) is 5.69 Å². The SMILES string of the molecule is CCC(C(=O)Nc1cccc(C)c1C)N(c1cccc([N+](=O)[O-])c1)S(C)(=O)=O. The van der Waals surface area contributed by atoms with Gasteiger partial charge >= 0.3 is 0 Å². The molecule has 0 aliphatic rings. The second-order valence-corrected chi connectivity index (χ2v) is 8.36. The molecule has 1 unspecified atom stereocenters. The van der Waals surface area contributed by atoms with Crippen molar-refractivity contribution >= 4 is 33.0 Å². The van der Waals surface area contributed by atoms with E-state index in [1.165, 1.54) is 18.2 Å². The Labute approximate surface area is 164 Å². The molecule has 150 valence electrons. The van der Waals surface area contributed by atoms with E-state index in [0.717, 1.165) is 27.8 Å². The zero-order valence-electron chi connectivity index (χ0n) is 16.2. The number of nitrogens with zero attached hydrogens (tertiary/aromatic N) is 2. The topological polar surface area (TPSA) is 110 Å². The number of nitrogens with one attached hydrogen (secondary N) is 1. The molecule has 8 nitrogen and oxygen atoms in total.